The number of rotatable bonds is 6. The van der Waals surface area contributed by atoms with E-state index in [4.69, 9.17) is 0 Å². The van der Waals surface area contributed by atoms with Crippen molar-refractivity contribution in [1.29, 1.82) is 0 Å². The average molecular weight is 362 g/mol. The molecule has 0 heterocycles. The van der Waals surface area contributed by atoms with Gasteiger partial charge in [0.15, 0.2) is 0 Å². The lowest BCUT2D eigenvalue weighted by atomic mass is 11.3. The van der Waals surface area contributed by atoms with Crippen molar-refractivity contribution in [3.05, 3.63) is 0 Å². The first-order chi connectivity index (χ1) is 8.81. The van der Waals surface area contributed by atoms with Crippen LogP contribution in [0.4, 0.5) is 13.3 Å². The van der Waals surface area contributed by atoms with Crippen LogP contribution >= 0.6 is 0 Å². The van der Waals surface area contributed by atoms with Crippen LogP contribution in [0.15, 0.2) is 7.54 Å². The lowest BCUT2D eigenvalue weighted by molar-refractivity contribution is -0.000783. The number of hydrogen-bond donors (Lipinski definition) is 0. The normalized spacial score (nSPS) is 18.9. The zero-order valence-electron chi connectivity index (χ0n) is 10.8. The Bertz CT molecular complexity index is 672. The largest absolute Gasteiger partial charge is 0.346 e. The molecule has 0 aromatic rings. The maximum absolute atomic E-state index is 12.4. The summed E-state index contributed by atoms with van der Waals surface area (Å²) in [6.45, 7) is 0. The van der Waals surface area contributed by atoms with Crippen molar-refractivity contribution in [2.75, 3.05) is 28.2 Å². The van der Waals surface area contributed by atoms with Gasteiger partial charge in [0.05, 0.1) is 0 Å². The molecule has 0 N–H and O–H groups in total. The Kier molecular flexibility index (Phi) is 6.37. The first-order valence-corrected chi connectivity index (χ1v) is 8.87. The molecule has 15 heteroatoms. The van der Waals surface area contributed by atoms with Crippen LogP contribution in [-0.2, 0) is 34.7 Å². The fraction of sp³-hybridized carbons (Fsp3) is 1.00. The van der Waals surface area contributed by atoms with Crippen LogP contribution in [0.3, 0.4) is 0 Å². The smallest absolute Gasteiger partial charge is 0.211 e. The Morgan fingerprint density at radius 1 is 0.950 bits per heavy atom. The minimum Gasteiger partial charge on any atom is -0.211 e. The Morgan fingerprint density at radius 2 is 1.40 bits per heavy atom. The molecule has 9 nitrogen and oxygen atoms in total. The van der Waals surface area contributed by atoms with E-state index in [1.165, 1.54) is 0 Å². The van der Waals surface area contributed by atoms with Gasteiger partial charge >= 0.3 is 16.0 Å². The lowest BCUT2D eigenvalue weighted by Crippen LogP contribution is -2.27. The third-order valence-electron chi connectivity index (χ3n) is 1.64. The number of hydrogen-bond acceptors (Lipinski definition) is 5. The van der Waals surface area contributed by atoms with Crippen LogP contribution in [-0.4, -0.2) is 59.4 Å². The maximum Gasteiger partial charge on any atom is 0.346 e. The van der Waals surface area contributed by atoms with Crippen molar-refractivity contribution in [2.24, 2.45) is 7.54 Å². The van der Waals surface area contributed by atoms with Crippen molar-refractivity contribution < 1.29 is 34.5 Å². The third-order valence-corrected chi connectivity index (χ3v) is 7.29. The van der Waals surface area contributed by atoms with Gasteiger partial charge in [-0.2, -0.15) is 21.5 Å². The van der Waals surface area contributed by atoms with E-state index in [1.54, 1.807) is 0 Å². The minimum atomic E-state index is -5.31. The SMILES string of the molecule is CN(C)S(=O)(=O)N=S(=O)(N=S(=O)(OF)C(F)F)N(C)C. The second kappa shape index (κ2) is 6.52. The monoisotopic (exact) mass is 362 g/mol. The Morgan fingerprint density at radius 3 is 1.65 bits per heavy atom. The highest BCUT2D eigenvalue weighted by atomic mass is 32.3. The van der Waals surface area contributed by atoms with E-state index in [-0.39, 0.29) is 0 Å². The first kappa shape index (κ1) is 19.5. The summed E-state index contributed by atoms with van der Waals surface area (Å²) < 4.78 is 91.9. The van der Waals surface area contributed by atoms with Gasteiger partial charge in [0.1, 0.15) is 0 Å². The zero-order valence-corrected chi connectivity index (χ0v) is 13.2. The molecule has 0 aliphatic carbocycles. The van der Waals surface area contributed by atoms with Gasteiger partial charge in [-0.25, -0.2) is 12.7 Å². The lowest BCUT2D eigenvalue weighted by Gasteiger charge is -2.14. The van der Waals surface area contributed by atoms with Gasteiger partial charge in [0.2, 0.25) is 10.1 Å². The predicted octanol–water partition coefficient (Wildman–Crippen LogP) is 0.159. The molecule has 2 atom stereocenters. The van der Waals surface area contributed by atoms with Crippen LogP contribution in [0, 0.1) is 0 Å². The van der Waals surface area contributed by atoms with Crippen molar-refractivity contribution in [3.8, 4) is 0 Å². The molecule has 0 saturated carbocycles. The summed E-state index contributed by atoms with van der Waals surface area (Å²) in [5, 5.41) is 0. The quantitative estimate of drug-likeness (QED) is 0.669. The van der Waals surface area contributed by atoms with Crippen molar-refractivity contribution in [2.45, 2.75) is 5.76 Å². The summed E-state index contributed by atoms with van der Waals surface area (Å²) in [5.41, 5.74) is 0. The summed E-state index contributed by atoms with van der Waals surface area (Å²) in [6.07, 6.45) is 0. The third kappa shape index (κ3) is 4.52. The number of nitrogens with zero attached hydrogens (tertiary/aromatic N) is 4. The summed E-state index contributed by atoms with van der Waals surface area (Å²) in [4.78, 5) is 0. The van der Waals surface area contributed by atoms with E-state index in [0.29, 0.717) is 8.61 Å². The highest BCUT2D eigenvalue weighted by Crippen LogP contribution is 2.18. The van der Waals surface area contributed by atoms with Crippen LogP contribution in [0.25, 0.3) is 0 Å². The second-order valence-corrected chi connectivity index (χ2v) is 9.53. The Hall–Kier alpha value is -0.480. The molecular formula is C5H13F3N4O5S3. The van der Waals surface area contributed by atoms with Crippen LogP contribution in [0.1, 0.15) is 0 Å². The van der Waals surface area contributed by atoms with E-state index in [9.17, 15) is 30.1 Å². The summed E-state index contributed by atoms with van der Waals surface area (Å²) in [7, 11) is -10.3. The molecule has 0 aliphatic heterocycles. The highest BCUT2D eigenvalue weighted by molar-refractivity contribution is 8.05. The van der Waals surface area contributed by atoms with E-state index < -0.39 is 36.1 Å². The van der Waals surface area contributed by atoms with Gasteiger partial charge in [-0.3, -0.25) is 0 Å². The highest BCUT2D eigenvalue weighted by Gasteiger charge is 2.30. The van der Waals surface area contributed by atoms with Crippen LogP contribution < -0.4 is 0 Å². The minimum absolute atomic E-state index is 0.495. The molecule has 0 saturated heterocycles. The van der Waals surface area contributed by atoms with Crippen molar-refractivity contribution in [3.63, 3.8) is 0 Å². The molecule has 0 rings (SSSR count). The standard InChI is InChI=1S/C5H13F3N4O5S3/c1-11(2)19(14,10-20(15,16)12(3)4)9-18(13,17-8)5(6)7/h5H,1-4H3. The molecule has 20 heavy (non-hydrogen) atoms. The maximum atomic E-state index is 12.4. The summed E-state index contributed by atoms with van der Waals surface area (Å²) >= 11 is 0. The molecule has 0 aromatic heterocycles. The van der Waals surface area contributed by atoms with Gasteiger partial charge in [-0.1, -0.05) is 11.9 Å². The van der Waals surface area contributed by atoms with Crippen LogP contribution in [0.2, 0.25) is 0 Å². The zero-order chi connectivity index (χ0) is 16.4. The predicted molar refractivity (Wildman–Crippen MR) is 65.6 cm³/mol. The molecule has 2 unspecified atom stereocenters. The van der Waals surface area contributed by atoms with Gasteiger partial charge in [-0.05, 0) is 4.53 Å². The topological polar surface area (TPSA) is 109 Å². The van der Waals surface area contributed by atoms with E-state index in [2.05, 4.69) is 11.9 Å². The van der Waals surface area contributed by atoms with Gasteiger partial charge in [0.25, 0.3) is 10.0 Å². The molecular weight excluding hydrogens is 349 g/mol. The molecule has 122 valence electrons. The van der Waals surface area contributed by atoms with Gasteiger partial charge in [-0.15, -0.1) is 0 Å². The number of halogens is 3. The molecule has 0 aromatic carbocycles. The average Bonchev–Trinajstić information content (AvgIpc) is 2.27. The molecule has 0 aliphatic rings. The molecule has 0 amide bonds. The van der Waals surface area contributed by atoms with E-state index >= 15 is 0 Å². The fourth-order valence-electron chi connectivity index (χ4n) is 0.543. The molecule has 0 radical (unpaired) electrons. The second-order valence-electron chi connectivity index (χ2n) is 3.53. The molecule has 0 spiro atoms. The summed E-state index contributed by atoms with van der Waals surface area (Å²) in [5.74, 6) is -3.95. The Balaban J connectivity index is 6.48. The Labute approximate surface area is 115 Å². The molecule has 0 fully saturated rings. The van der Waals surface area contributed by atoms with Crippen LogP contribution in [0.5, 0.6) is 0 Å². The van der Waals surface area contributed by atoms with Crippen molar-refractivity contribution in [1.82, 2.24) is 8.61 Å². The number of alkyl halides is 2. The first-order valence-electron chi connectivity index (χ1n) is 4.54. The van der Waals surface area contributed by atoms with E-state index in [0.717, 1.165) is 28.2 Å². The van der Waals surface area contributed by atoms with Gasteiger partial charge in [0, 0.05) is 28.2 Å². The molecule has 0 bridgehead atoms. The van der Waals surface area contributed by atoms with E-state index in [1.807, 2.05) is 0 Å². The van der Waals surface area contributed by atoms with Gasteiger partial charge < -0.3 is 0 Å². The summed E-state index contributed by atoms with van der Waals surface area (Å²) in [6, 6.07) is 0. The fourth-order valence-corrected chi connectivity index (χ4v) is 4.97. The van der Waals surface area contributed by atoms with Crippen molar-refractivity contribution >= 4 is 30.3 Å².